The number of carbonyl (C=O) groups excluding carboxylic acids is 1. The fraction of sp³-hybridized carbons (Fsp3) is 0.350. The van der Waals surface area contributed by atoms with Crippen LogP contribution in [0.5, 0.6) is 0 Å². The fourth-order valence-electron chi connectivity index (χ4n) is 3.12. The molecule has 0 aromatic heterocycles. The van der Waals surface area contributed by atoms with Gasteiger partial charge in [-0.1, -0.05) is 30.3 Å². The summed E-state index contributed by atoms with van der Waals surface area (Å²) < 4.78 is 13.5. The Hall–Kier alpha value is -2.24. The minimum atomic E-state index is -0.662. The van der Waals surface area contributed by atoms with E-state index >= 15 is 0 Å². The minimum Gasteiger partial charge on any atom is -0.390 e. The fourth-order valence-corrected chi connectivity index (χ4v) is 3.12. The smallest absolute Gasteiger partial charge is 0.251 e. The van der Waals surface area contributed by atoms with Gasteiger partial charge in [0.25, 0.3) is 5.91 Å². The molecule has 2 aromatic rings. The molecule has 1 aliphatic rings. The SMILES string of the molecule is Cc1ccc(C(=O)NCC(O)CN2CCc3ccccc3C2)cc1F. The third kappa shape index (κ3) is 4.44. The Kier molecular flexibility index (Phi) is 5.46. The first-order chi connectivity index (χ1) is 12.0. The van der Waals surface area contributed by atoms with Crippen LogP contribution in [0.4, 0.5) is 4.39 Å². The standard InChI is InChI=1S/C20H23FN2O2/c1-14-6-7-16(10-19(14)21)20(25)22-11-18(24)13-23-9-8-15-4-2-3-5-17(15)12-23/h2-7,10,18,24H,8-9,11-13H2,1H3,(H,22,25). The van der Waals surface area contributed by atoms with Gasteiger partial charge < -0.3 is 10.4 Å². The van der Waals surface area contributed by atoms with Gasteiger partial charge in [-0.25, -0.2) is 4.39 Å². The summed E-state index contributed by atoms with van der Waals surface area (Å²) in [6.07, 6.45) is 0.308. The quantitative estimate of drug-likeness (QED) is 0.877. The lowest BCUT2D eigenvalue weighted by atomic mass is 10.00. The number of benzene rings is 2. The van der Waals surface area contributed by atoms with Gasteiger partial charge in [-0.05, 0) is 42.2 Å². The lowest BCUT2D eigenvalue weighted by Gasteiger charge is -2.30. The van der Waals surface area contributed by atoms with Crippen molar-refractivity contribution in [1.29, 1.82) is 0 Å². The zero-order valence-electron chi connectivity index (χ0n) is 14.3. The molecule has 132 valence electrons. The second kappa shape index (κ2) is 7.76. The first-order valence-corrected chi connectivity index (χ1v) is 8.54. The molecule has 0 bridgehead atoms. The summed E-state index contributed by atoms with van der Waals surface area (Å²) in [6.45, 7) is 4.00. The van der Waals surface area contributed by atoms with E-state index in [0.717, 1.165) is 19.5 Å². The summed E-state index contributed by atoms with van der Waals surface area (Å²) in [6, 6.07) is 12.7. The van der Waals surface area contributed by atoms with E-state index in [1.807, 2.05) is 12.1 Å². The number of nitrogens with one attached hydrogen (secondary N) is 1. The number of aryl methyl sites for hydroxylation is 1. The van der Waals surface area contributed by atoms with Crippen molar-refractivity contribution in [2.45, 2.75) is 26.0 Å². The molecule has 2 aromatic carbocycles. The van der Waals surface area contributed by atoms with E-state index in [4.69, 9.17) is 0 Å². The Labute approximate surface area is 147 Å². The number of amides is 1. The zero-order valence-corrected chi connectivity index (χ0v) is 14.3. The number of nitrogens with zero attached hydrogens (tertiary/aromatic N) is 1. The number of hydrogen-bond acceptors (Lipinski definition) is 3. The lowest BCUT2D eigenvalue weighted by molar-refractivity contribution is 0.0841. The largest absolute Gasteiger partial charge is 0.390 e. The van der Waals surface area contributed by atoms with E-state index in [2.05, 4.69) is 22.3 Å². The van der Waals surface area contributed by atoms with Crippen LogP contribution in [0.3, 0.4) is 0 Å². The van der Waals surface area contributed by atoms with Crippen LogP contribution in [0.2, 0.25) is 0 Å². The molecule has 25 heavy (non-hydrogen) atoms. The van der Waals surface area contributed by atoms with Crippen LogP contribution < -0.4 is 5.32 Å². The Balaban J connectivity index is 1.49. The molecular formula is C20H23FN2O2. The number of aliphatic hydroxyl groups excluding tert-OH is 1. The highest BCUT2D eigenvalue weighted by atomic mass is 19.1. The van der Waals surface area contributed by atoms with Gasteiger partial charge in [-0.15, -0.1) is 0 Å². The number of halogens is 1. The van der Waals surface area contributed by atoms with Crippen LogP contribution in [0.25, 0.3) is 0 Å². The highest BCUT2D eigenvalue weighted by Gasteiger charge is 2.19. The van der Waals surface area contributed by atoms with Crippen molar-refractivity contribution in [3.8, 4) is 0 Å². The van der Waals surface area contributed by atoms with Crippen LogP contribution in [-0.2, 0) is 13.0 Å². The third-order valence-electron chi connectivity index (χ3n) is 4.61. The maximum absolute atomic E-state index is 13.5. The second-order valence-corrected chi connectivity index (χ2v) is 6.58. The summed E-state index contributed by atoms with van der Waals surface area (Å²) in [5.41, 5.74) is 3.42. The third-order valence-corrected chi connectivity index (χ3v) is 4.61. The highest BCUT2D eigenvalue weighted by Crippen LogP contribution is 2.18. The number of hydrogen-bond donors (Lipinski definition) is 2. The molecule has 1 amide bonds. The van der Waals surface area contributed by atoms with Gasteiger partial charge in [0.1, 0.15) is 5.82 Å². The summed E-state index contributed by atoms with van der Waals surface area (Å²) >= 11 is 0. The van der Waals surface area contributed by atoms with Crippen molar-refractivity contribution in [3.05, 3.63) is 70.5 Å². The van der Waals surface area contributed by atoms with Crippen LogP contribution >= 0.6 is 0 Å². The predicted molar refractivity (Wildman–Crippen MR) is 94.9 cm³/mol. The van der Waals surface area contributed by atoms with Crippen LogP contribution in [0.1, 0.15) is 27.0 Å². The number of rotatable bonds is 5. The van der Waals surface area contributed by atoms with E-state index in [1.54, 1.807) is 19.1 Å². The minimum absolute atomic E-state index is 0.145. The molecule has 1 heterocycles. The molecule has 2 N–H and O–H groups in total. The van der Waals surface area contributed by atoms with Crippen molar-refractivity contribution in [3.63, 3.8) is 0 Å². The number of fused-ring (bicyclic) bond motifs is 1. The van der Waals surface area contributed by atoms with E-state index in [1.165, 1.54) is 17.2 Å². The predicted octanol–water partition coefficient (Wildman–Crippen LogP) is 2.28. The van der Waals surface area contributed by atoms with Crippen LogP contribution in [0.15, 0.2) is 42.5 Å². The van der Waals surface area contributed by atoms with Crippen molar-refractivity contribution in [2.75, 3.05) is 19.6 Å². The van der Waals surface area contributed by atoms with Gasteiger partial charge in [0.15, 0.2) is 0 Å². The summed E-state index contributed by atoms with van der Waals surface area (Å²) in [4.78, 5) is 14.3. The molecule has 1 aliphatic heterocycles. The van der Waals surface area contributed by atoms with E-state index < -0.39 is 11.9 Å². The van der Waals surface area contributed by atoms with Crippen molar-refractivity contribution in [2.24, 2.45) is 0 Å². The van der Waals surface area contributed by atoms with Gasteiger partial charge in [0, 0.05) is 31.7 Å². The Bertz CT molecular complexity index is 763. The molecule has 0 radical (unpaired) electrons. The summed E-state index contributed by atoms with van der Waals surface area (Å²) in [7, 11) is 0. The molecular weight excluding hydrogens is 319 g/mol. The molecule has 0 aliphatic carbocycles. The average Bonchev–Trinajstić information content (AvgIpc) is 2.62. The van der Waals surface area contributed by atoms with Gasteiger partial charge in [-0.2, -0.15) is 0 Å². The van der Waals surface area contributed by atoms with Crippen LogP contribution in [-0.4, -0.2) is 41.7 Å². The first kappa shape index (κ1) is 17.6. The van der Waals surface area contributed by atoms with E-state index in [9.17, 15) is 14.3 Å². The van der Waals surface area contributed by atoms with Gasteiger partial charge in [0.05, 0.1) is 6.10 Å². The highest BCUT2D eigenvalue weighted by molar-refractivity contribution is 5.94. The topological polar surface area (TPSA) is 52.6 Å². The normalized spacial score (nSPS) is 15.5. The van der Waals surface area contributed by atoms with Crippen molar-refractivity contribution in [1.82, 2.24) is 10.2 Å². The maximum atomic E-state index is 13.5. The van der Waals surface area contributed by atoms with E-state index in [-0.39, 0.29) is 18.0 Å². The van der Waals surface area contributed by atoms with Crippen molar-refractivity contribution >= 4 is 5.91 Å². The molecule has 0 saturated heterocycles. The average molecular weight is 342 g/mol. The monoisotopic (exact) mass is 342 g/mol. The second-order valence-electron chi connectivity index (χ2n) is 6.58. The molecule has 0 spiro atoms. The molecule has 5 heteroatoms. The molecule has 0 fully saturated rings. The lowest BCUT2D eigenvalue weighted by Crippen LogP contribution is -2.42. The van der Waals surface area contributed by atoms with Gasteiger partial charge >= 0.3 is 0 Å². The molecule has 1 atom stereocenters. The van der Waals surface area contributed by atoms with Gasteiger partial charge in [-0.3, -0.25) is 9.69 Å². The Morgan fingerprint density at radius 1 is 1.28 bits per heavy atom. The number of β-amino-alcohol motifs (C(OH)–C–C–N with tert-alkyl or cyclic N) is 1. The Morgan fingerprint density at radius 3 is 2.80 bits per heavy atom. The van der Waals surface area contributed by atoms with Crippen LogP contribution in [0, 0.1) is 12.7 Å². The molecule has 0 saturated carbocycles. The van der Waals surface area contributed by atoms with Gasteiger partial charge in [0.2, 0.25) is 0 Å². The Morgan fingerprint density at radius 2 is 2.04 bits per heavy atom. The summed E-state index contributed by atoms with van der Waals surface area (Å²) in [5, 5.41) is 12.9. The van der Waals surface area contributed by atoms with Crippen molar-refractivity contribution < 1.29 is 14.3 Å². The van der Waals surface area contributed by atoms with E-state index in [0.29, 0.717) is 12.1 Å². The zero-order chi connectivity index (χ0) is 17.8. The first-order valence-electron chi connectivity index (χ1n) is 8.54. The molecule has 3 rings (SSSR count). The molecule has 1 unspecified atom stereocenters. The maximum Gasteiger partial charge on any atom is 0.251 e. The number of carbonyl (C=O) groups is 1. The molecule has 4 nitrogen and oxygen atoms in total. The summed E-state index contributed by atoms with van der Waals surface area (Å²) in [5.74, 6) is -0.776. The number of aliphatic hydroxyl groups is 1.